The summed E-state index contributed by atoms with van der Waals surface area (Å²) in [6.45, 7) is 1.28. The van der Waals surface area contributed by atoms with Crippen LogP contribution in [0.3, 0.4) is 0 Å². The van der Waals surface area contributed by atoms with Crippen LogP contribution in [0.1, 0.15) is 23.5 Å². The van der Waals surface area contributed by atoms with Crippen molar-refractivity contribution < 1.29 is 28.2 Å². The van der Waals surface area contributed by atoms with Crippen molar-refractivity contribution in [3.8, 4) is 5.75 Å². The van der Waals surface area contributed by atoms with Crippen molar-refractivity contribution in [2.75, 3.05) is 11.9 Å². The molecule has 2 unspecified atom stereocenters. The van der Waals surface area contributed by atoms with E-state index in [0.717, 1.165) is 0 Å². The van der Waals surface area contributed by atoms with Crippen molar-refractivity contribution in [2.24, 2.45) is 5.92 Å². The SMILES string of the molecule is Cc1cc(OCC(=O)O)ccc1NC(=O)C1CC1c1c(F)cccc1F. The van der Waals surface area contributed by atoms with Crippen LogP contribution in [-0.4, -0.2) is 23.6 Å². The van der Waals surface area contributed by atoms with Crippen molar-refractivity contribution in [1.82, 2.24) is 0 Å². The Balaban J connectivity index is 1.65. The first-order valence-electron chi connectivity index (χ1n) is 8.07. The number of halogens is 2. The van der Waals surface area contributed by atoms with E-state index in [2.05, 4.69) is 5.32 Å². The van der Waals surface area contributed by atoms with Gasteiger partial charge in [0.1, 0.15) is 17.4 Å². The standard InChI is InChI=1S/C19H17F2NO4/c1-10-7-11(26-9-17(23)24)5-6-16(10)22-19(25)13-8-12(13)18-14(20)3-2-4-15(18)21/h2-7,12-13H,8-9H2,1H3,(H,22,25)(H,23,24). The van der Waals surface area contributed by atoms with Gasteiger partial charge in [0, 0.05) is 23.1 Å². The molecular formula is C19H17F2NO4. The Labute approximate surface area is 148 Å². The maximum Gasteiger partial charge on any atom is 0.341 e. The highest BCUT2D eigenvalue weighted by Crippen LogP contribution is 2.49. The fourth-order valence-corrected chi connectivity index (χ4v) is 2.91. The van der Waals surface area contributed by atoms with Gasteiger partial charge in [-0.05, 0) is 49.2 Å². The minimum atomic E-state index is -1.08. The van der Waals surface area contributed by atoms with E-state index in [1.165, 1.54) is 18.2 Å². The van der Waals surface area contributed by atoms with Gasteiger partial charge >= 0.3 is 5.97 Å². The summed E-state index contributed by atoms with van der Waals surface area (Å²) in [6, 6.07) is 8.43. The third-order valence-corrected chi connectivity index (χ3v) is 4.32. The third-order valence-electron chi connectivity index (χ3n) is 4.32. The molecule has 0 spiro atoms. The van der Waals surface area contributed by atoms with Gasteiger partial charge in [0.05, 0.1) is 0 Å². The Morgan fingerprint density at radius 1 is 1.23 bits per heavy atom. The number of amides is 1. The van der Waals surface area contributed by atoms with Crippen LogP contribution in [0.2, 0.25) is 0 Å². The lowest BCUT2D eigenvalue weighted by atomic mass is 10.1. The predicted octanol–water partition coefficient (Wildman–Crippen LogP) is 3.48. The van der Waals surface area contributed by atoms with Crippen LogP contribution in [-0.2, 0) is 9.59 Å². The molecule has 0 saturated heterocycles. The average molecular weight is 361 g/mol. The van der Waals surface area contributed by atoms with Crippen molar-refractivity contribution >= 4 is 17.6 Å². The molecule has 0 bridgehead atoms. The van der Waals surface area contributed by atoms with Gasteiger partial charge in [-0.15, -0.1) is 0 Å². The molecule has 7 heteroatoms. The number of nitrogens with one attached hydrogen (secondary N) is 1. The fraction of sp³-hybridized carbons (Fsp3) is 0.263. The average Bonchev–Trinajstić information content (AvgIpc) is 3.35. The molecule has 2 aromatic rings. The summed E-state index contributed by atoms with van der Waals surface area (Å²) < 4.78 is 32.7. The fourth-order valence-electron chi connectivity index (χ4n) is 2.91. The zero-order valence-corrected chi connectivity index (χ0v) is 14.0. The van der Waals surface area contributed by atoms with Crippen LogP contribution >= 0.6 is 0 Å². The number of aliphatic carboxylic acids is 1. The topological polar surface area (TPSA) is 75.6 Å². The zero-order chi connectivity index (χ0) is 18.8. The molecule has 1 aliphatic rings. The first-order chi connectivity index (χ1) is 12.4. The smallest absolute Gasteiger partial charge is 0.341 e. The van der Waals surface area contributed by atoms with Gasteiger partial charge in [-0.3, -0.25) is 4.79 Å². The van der Waals surface area contributed by atoms with Gasteiger partial charge in [0.25, 0.3) is 0 Å². The number of carbonyl (C=O) groups is 2. The highest BCUT2D eigenvalue weighted by Gasteiger charge is 2.46. The molecule has 0 aromatic heterocycles. The third kappa shape index (κ3) is 3.82. The van der Waals surface area contributed by atoms with Crippen LogP contribution in [0, 0.1) is 24.5 Å². The molecule has 2 N–H and O–H groups in total. The number of benzene rings is 2. The van der Waals surface area contributed by atoms with E-state index in [9.17, 15) is 18.4 Å². The maximum absolute atomic E-state index is 13.8. The lowest BCUT2D eigenvalue weighted by Gasteiger charge is -2.11. The Morgan fingerprint density at radius 3 is 2.54 bits per heavy atom. The highest BCUT2D eigenvalue weighted by atomic mass is 19.1. The van der Waals surface area contributed by atoms with E-state index in [1.807, 2.05) is 0 Å². The van der Waals surface area contributed by atoms with Crippen molar-refractivity contribution in [2.45, 2.75) is 19.3 Å². The quantitative estimate of drug-likeness (QED) is 0.826. The number of aryl methyl sites for hydroxylation is 1. The van der Waals surface area contributed by atoms with E-state index < -0.39 is 36.0 Å². The Morgan fingerprint density at radius 2 is 1.92 bits per heavy atom. The number of hydrogen-bond acceptors (Lipinski definition) is 3. The Hall–Kier alpha value is -2.96. The highest BCUT2D eigenvalue weighted by molar-refractivity contribution is 5.96. The van der Waals surface area contributed by atoms with Crippen LogP contribution < -0.4 is 10.1 Å². The largest absolute Gasteiger partial charge is 0.482 e. The monoisotopic (exact) mass is 361 g/mol. The first kappa shape index (κ1) is 17.8. The van der Waals surface area contributed by atoms with E-state index in [-0.39, 0.29) is 11.5 Å². The van der Waals surface area contributed by atoms with Crippen LogP contribution in [0.5, 0.6) is 5.75 Å². The van der Waals surface area contributed by atoms with Gasteiger partial charge in [0.15, 0.2) is 6.61 Å². The molecule has 1 saturated carbocycles. The predicted molar refractivity (Wildman–Crippen MR) is 90.1 cm³/mol. The van der Waals surface area contributed by atoms with Crippen molar-refractivity contribution in [1.29, 1.82) is 0 Å². The van der Waals surface area contributed by atoms with Gasteiger partial charge in [0.2, 0.25) is 5.91 Å². The summed E-state index contributed by atoms with van der Waals surface area (Å²) in [6.07, 6.45) is 0.391. The van der Waals surface area contributed by atoms with Crippen LogP contribution in [0.4, 0.5) is 14.5 Å². The first-order valence-corrected chi connectivity index (χ1v) is 8.07. The minimum absolute atomic E-state index is 0.0400. The summed E-state index contributed by atoms with van der Waals surface area (Å²) in [5.41, 5.74) is 1.19. The van der Waals surface area contributed by atoms with Gasteiger partial charge in [-0.25, -0.2) is 13.6 Å². The normalized spacial score (nSPS) is 18.3. The molecule has 1 fully saturated rings. The molecule has 2 atom stereocenters. The summed E-state index contributed by atoms with van der Waals surface area (Å²) >= 11 is 0. The van der Waals surface area contributed by atoms with E-state index >= 15 is 0 Å². The number of carboxylic acids is 1. The summed E-state index contributed by atoms with van der Waals surface area (Å²) in [7, 11) is 0. The molecule has 1 amide bonds. The number of ether oxygens (including phenoxy) is 1. The summed E-state index contributed by atoms with van der Waals surface area (Å²) in [4.78, 5) is 22.9. The molecule has 26 heavy (non-hydrogen) atoms. The summed E-state index contributed by atoms with van der Waals surface area (Å²) in [5, 5.41) is 11.4. The van der Waals surface area contributed by atoms with Crippen LogP contribution in [0.25, 0.3) is 0 Å². The van der Waals surface area contributed by atoms with Gasteiger partial charge < -0.3 is 15.2 Å². The van der Waals surface area contributed by atoms with Crippen molar-refractivity contribution in [3.05, 3.63) is 59.2 Å². The lowest BCUT2D eigenvalue weighted by Crippen LogP contribution is -2.16. The number of rotatable bonds is 6. The van der Waals surface area contributed by atoms with E-state index in [4.69, 9.17) is 9.84 Å². The number of carbonyl (C=O) groups excluding carboxylic acids is 1. The number of carboxylic acid groups (broad SMARTS) is 1. The molecule has 0 radical (unpaired) electrons. The van der Waals surface area contributed by atoms with Gasteiger partial charge in [-0.2, -0.15) is 0 Å². The minimum Gasteiger partial charge on any atom is -0.482 e. The summed E-state index contributed by atoms with van der Waals surface area (Å²) in [5.74, 6) is -3.23. The molecule has 1 aliphatic carbocycles. The van der Waals surface area contributed by atoms with E-state index in [0.29, 0.717) is 23.4 Å². The molecular weight excluding hydrogens is 344 g/mol. The molecule has 2 aromatic carbocycles. The Bertz CT molecular complexity index is 848. The second-order valence-electron chi connectivity index (χ2n) is 6.23. The molecule has 136 valence electrons. The molecule has 3 rings (SSSR count). The van der Waals surface area contributed by atoms with Crippen LogP contribution in [0.15, 0.2) is 36.4 Å². The second kappa shape index (κ2) is 7.11. The molecule has 0 heterocycles. The maximum atomic E-state index is 13.8. The van der Waals surface area contributed by atoms with Gasteiger partial charge in [-0.1, -0.05) is 6.07 Å². The van der Waals surface area contributed by atoms with E-state index in [1.54, 1.807) is 25.1 Å². The molecule has 0 aliphatic heterocycles. The second-order valence-corrected chi connectivity index (χ2v) is 6.23. The van der Waals surface area contributed by atoms with Crippen molar-refractivity contribution in [3.63, 3.8) is 0 Å². The number of anilines is 1. The Kier molecular flexibility index (Phi) is 4.88. The zero-order valence-electron chi connectivity index (χ0n) is 14.0. The lowest BCUT2D eigenvalue weighted by molar-refractivity contribution is -0.139. The molecule has 5 nitrogen and oxygen atoms in total. The number of hydrogen-bond donors (Lipinski definition) is 2.